The number of likely N-dealkylation sites (N-methyl/N-ethyl adjacent to an activating group) is 1. The van der Waals surface area contributed by atoms with Crippen molar-refractivity contribution in [3.8, 4) is 11.1 Å². The van der Waals surface area contributed by atoms with Gasteiger partial charge in [-0.25, -0.2) is 4.98 Å². The summed E-state index contributed by atoms with van der Waals surface area (Å²) >= 11 is 0. The molecular formula is C30H38N6O2. The van der Waals surface area contributed by atoms with E-state index in [-0.39, 0.29) is 11.7 Å². The number of anilines is 3. The van der Waals surface area contributed by atoms with E-state index in [0.29, 0.717) is 24.6 Å². The van der Waals surface area contributed by atoms with Crippen LogP contribution >= 0.6 is 0 Å². The van der Waals surface area contributed by atoms with Crippen LogP contribution in [-0.4, -0.2) is 41.1 Å². The second kappa shape index (κ2) is 12.9. The van der Waals surface area contributed by atoms with Crippen molar-refractivity contribution < 1.29 is 9.90 Å². The van der Waals surface area contributed by atoms with E-state index in [1.165, 1.54) is 6.08 Å². The molecule has 0 atom stereocenters. The Morgan fingerprint density at radius 3 is 2.53 bits per heavy atom. The Bertz CT molecular complexity index is 1290. The van der Waals surface area contributed by atoms with E-state index in [1.54, 1.807) is 20.8 Å². The standard InChI is InChI=1S/C30H38N6O2/c1-20-8-7-9-25(16-20)35-29-34-19-26(27(36-29)32-15-14-31-6)24-12-10-23(11-13-24)18-33-28(38)30(4,5)21(2)17-22(3)37/h7-13,16-17,19,31,37H,2,14-15,18H2,1,3-6H3,(H,33,38)(H2,32,34,35,36)/b22-17+. The highest BCUT2D eigenvalue weighted by atomic mass is 16.3. The quantitative estimate of drug-likeness (QED) is 0.123. The second-order valence-corrected chi connectivity index (χ2v) is 9.80. The van der Waals surface area contributed by atoms with Gasteiger partial charge in [-0.05, 0) is 75.2 Å². The molecule has 0 aliphatic carbocycles. The summed E-state index contributed by atoms with van der Waals surface area (Å²) in [5.41, 5.74) is 4.59. The molecule has 200 valence electrons. The fraction of sp³-hybridized carbons (Fsp3) is 0.300. The Labute approximate surface area is 225 Å². The lowest BCUT2D eigenvalue weighted by Crippen LogP contribution is -2.37. The molecule has 1 amide bonds. The summed E-state index contributed by atoms with van der Waals surface area (Å²) in [5, 5.41) is 22.3. The van der Waals surface area contributed by atoms with Crippen LogP contribution < -0.4 is 21.3 Å². The number of carbonyl (C=O) groups is 1. The van der Waals surface area contributed by atoms with Gasteiger partial charge in [0.15, 0.2) is 0 Å². The smallest absolute Gasteiger partial charge is 0.230 e. The van der Waals surface area contributed by atoms with Crippen molar-refractivity contribution in [2.45, 2.75) is 34.2 Å². The molecule has 3 aromatic rings. The van der Waals surface area contributed by atoms with E-state index < -0.39 is 5.41 Å². The highest BCUT2D eigenvalue weighted by molar-refractivity contribution is 5.85. The van der Waals surface area contributed by atoms with Gasteiger partial charge in [0.25, 0.3) is 0 Å². The Morgan fingerprint density at radius 1 is 1.13 bits per heavy atom. The van der Waals surface area contributed by atoms with Crippen LogP contribution in [0.3, 0.4) is 0 Å². The molecule has 1 aromatic heterocycles. The number of nitrogens with zero attached hydrogens (tertiary/aromatic N) is 2. The maximum atomic E-state index is 12.8. The number of hydrogen-bond donors (Lipinski definition) is 5. The van der Waals surface area contributed by atoms with Gasteiger partial charge < -0.3 is 26.4 Å². The average molecular weight is 515 g/mol. The fourth-order valence-electron chi connectivity index (χ4n) is 3.73. The fourth-order valence-corrected chi connectivity index (χ4v) is 3.73. The molecule has 0 aliphatic heterocycles. The molecule has 5 N–H and O–H groups in total. The largest absolute Gasteiger partial charge is 0.513 e. The predicted octanol–water partition coefficient (Wildman–Crippen LogP) is 5.49. The molecular weight excluding hydrogens is 476 g/mol. The van der Waals surface area contributed by atoms with Gasteiger partial charge in [0, 0.05) is 37.1 Å². The molecule has 0 saturated heterocycles. The molecule has 8 nitrogen and oxygen atoms in total. The maximum Gasteiger partial charge on any atom is 0.230 e. The molecule has 0 bridgehead atoms. The SMILES string of the molecule is C=C(/C=C(\C)O)C(C)(C)C(=O)NCc1ccc(-c2cnc(Nc3cccc(C)c3)nc2NCCNC)cc1. The predicted molar refractivity (Wildman–Crippen MR) is 155 cm³/mol. The van der Waals surface area contributed by atoms with Crippen molar-refractivity contribution in [1.82, 2.24) is 20.6 Å². The molecule has 3 rings (SSSR count). The first kappa shape index (κ1) is 28.4. The zero-order valence-corrected chi connectivity index (χ0v) is 22.9. The number of carbonyl (C=O) groups excluding carboxylic acids is 1. The number of aliphatic hydroxyl groups is 1. The number of nitrogens with one attached hydrogen (secondary N) is 4. The van der Waals surface area contributed by atoms with Gasteiger partial charge in [0.05, 0.1) is 11.2 Å². The highest BCUT2D eigenvalue weighted by Gasteiger charge is 2.29. The van der Waals surface area contributed by atoms with E-state index in [0.717, 1.165) is 40.3 Å². The zero-order chi connectivity index (χ0) is 27.7. The van der Waals surface area contributed by atoms with Crippen LogP contribution in [0.5, 0.6) is 0 Å². The van der Waals surface area contributed by atoms with Gasteiger partial charge in [-0.1, -0.05) is 43.0 Å². The van der Waals surface area contributed by atoms with Crippen molar-refractivity contribution >= 4 is 23.4 Å². The summed E-state index contributed by atoms with van der Waals surface area (Å²) < 4.78 is 0. The topological polar surface area (TPSA) is 111 Å². The van der Waals surface area contributed by atoms with Crippen molar-refractivity contribution in [2.75, 3.05) is 30.8 Å². The summed E-state index contributed by atoms with van der Waals surface area (Å²) in [6, 6.07) is 16.0. The first-order valence-corrected chi connectivity index (χ1v) is 12.6. The minimum absolute atomic E-state index is 0.120. The summed E-state index contributed by atoms with van der Waals surface area (Å²) in [4.78, 5) is 22.1. The lowest BCUT2D eigenvalue weighted by atomic mass is 9.83. The van der Waals surface area contributed by atoms with Crippen LogP contribution in [0.2, 0.25) is 0 Å². The third-order valence-corrected chi connectivity index (χ3v) is 6.20. The first-order valence-electron chi connectivity index (χ1n) is 12.6. The molecule has 8 heteroatoms. The van der Waals surface area contributed by atoms with E-state index in [2.05, 4.69) is 32.8 Å². The molecule has 0 fully saturated rings. The number of benzene rings is 2. The van der Waals surface area contributed by atoms with Gasteiger partial charge in [0.1, 0.15) is 5.82 Å². The third-order valence-electron chi connectivity index (χ3n) is 6.20. The van der Waals surface area contributed by atoms with E-state index in [9.17, 15) is 9.90 Å². The number of rotatable bonds is 12. The van der Waals surface area contributed by atoms with Crippen LogP contribution in [-0.2, 0) is 11.3 Å². The Kier molecular flexibility index (Phi) is 9.62. The summed E-state index contributed by atoms with van der Waals surface area (Å²) in [7, 11) is 1.91. The van der Waals surface area contributed by atoms with Crippen molar-refractivity contribution in [3.05, 3.63) is 89.8 Å². The van der Waals surface area contributed by atoms with Crippen molar-refractivity contribution in [1.29, 1.82) is 0 Å². The van der Waals surface area contributed by atoms with Gasteiger partial charge in [0.2, 0.25) is 11.9 Å². The van der Waals surface area contributed by atoms with Gasteiger partial charge in [-0.2, -0.15) is 4.98 Å². The molecule has 2 aromatic carbocycles. The van der Waals surface area contributed by atoms with Crippen LogP contribution in [0.15, 0.2) is 78.7 Å². The van der Waals surface area contributed by atoms with Crippen LogP contribution in [0, 0.1) is 12.3 Å². The van der Waals surface area contributed by atoms with Gasteiger partial charge >= 0.3 is 0 Å². The summed E-state index contributed by atoms with van der Waals surface area (Å²) in [6.45, 7) is 13.0. The lowest BCUT2D eigenvalue weighted by molar-refractivity contribution is -0.127. The Hall–Kier alpha value is -4.17. The number of aliphatic hydroxyl groups excluding tert-OH is 1. The summed E-state index contributed by atoms with van der Waals surface area (Å²) in [6.07, 6.45) is 3.33. The molecule has 1 heterocycles. The van der Waals surface area contributed by atoms with Gasteiger partial charge in [-0.3, -0.25) is 4.79 Å². The number of aromatic nitrogens is 2. The van der Waals surface area contributed by atoms with E-state index >= 15 is 0 Å². The molecule has 0 unspecified atom stereocenters. The minimum Gasteiger partial charge on any atom is -0.513 e. The molecule has 0 radical (unpaired) electrons. The first-order chi connectivity index (χ1) is 18.1. The normalized spacial score (nSPS) is 11.7. The zero-order valence-electron chi connectivity index (χ0n) is 22.9. The van der Waals surface area contributed by atoms with Crippen molar-refractivity contribution in [3.63, 3.8) is 0 Å². The highest BCUT2D eigenvalue weighted by Crippen LogP contribution is 2.29. The maximum absolute atomic E-state index is 12.8. The van der Waals surface area contributed by atoms with Crippen LogP contribution in [0.1, 0.15) is 31.9 Å². The van der Waals surface area contributed by atoms with Gasteiger partial charge in [-0.15, -0.1) is 0 Å². The minimum atomic E-state index is -0.844. The molecule has 0 aliphatic rings. The number of aryl methyl sites for hydroxylation is 1. The monoisotopic (exact) mass is 514 g/mol. The van der Waals surface area contributed by atoms with Crippen LogP contribution in [0.4, 0.5) is 17.5 Å². The van der Waals surface area contributed by atoms with Crippen LogP contribution in [0.25, 0.3) is 11.1 Å². The molecule has 0 saturated carbocycles. The average Bonchev–Trinajstić information content (AvgIpc) is 2.87. The van der Waals surface area contributed by atoms with E-state index in [4.69, 9.17) is 4.98 Å². The van der Waals surface area contributed by atoms with Crippen molar-refractivity contribution in [2.24, 2.45) is 5.41 Å². The number of amides is 1. The second-order valence-electron chi connectivity index (χ2n) is 9.80. The summed E-state index contributed by atoms with van der Waals surface area (Å²) in [5.74, 6) is 1.21. The molecule has 38 heavy (non-hydrogen) atoms. The Morgan fingerprint density at radius 2 is 1.87 bits per heavy atom. The number of hydrogen-bond acceptors (Lipinski definition) is 7. The number of allylic oxidation sites excluding steroid dienone is 2. The third kappa shape index (κ3) is 7.66. The molecule has 0 spiro atoms. The Balaban J connectivity index is 1.75. The lowest BCUT2D eigenvalue weighted by Gasteiger charge is -2.24. The van der Waals surface area contributed by atoms with E-state index in [1.807, 2.05) is 68.7 Å².